The first kappa shape index (κ1) is 27.9. The Hall–Kier alpha value is -1.69. The molecule has 3 rings (SSSR count). The van der Waals surface area contributed by atoms with Crippen LogP contribution in [0.3, 0.4) is 0 Å². The Morgan fingerprint density at radius 2 is 1.86 bits per heavy atom. The van der Waals surface area contributed by atoms with Crippen LogP contribution in [-0.2, 0) is 39.3 Å². The van der Waals surface area contributed by atoms with Crippen LogP contribution in [0.5, 0.6) is 0 Å². The Morgan fingerprint density at radius 1 is 1.20 bits per heavy atom. The van der Waals surface area contributed by atoms with E-state index >= 15 is 0 Å². The zero-order valence-electron chi connectivity index (χ0n) is 21.5. The molecule has 1 aromatic carbocycles. The monoisotopic (exact) mass is 530 g/mol. The van der Waals surface area contributed by atoms with Crippen LogP contribution in [0.2, 0.25) is 0 Å². The molecule has 0 aromatic heterocycles. The van der Waals surface area contributed by atoms with Crippen LogP contribution in [0.1, 0.15) is 52.5 Å². The molecule has 0 N–H and O–H groups in total. The van der Waals surface area contributed by atoms with Crippen molar-refractivity contribution < 1.29 is 31.1 Å². The van der Waals surface area contributed by atoms with Gasteiger partial charge in [-0.25, -0.2) is 17.4 Å². The molecule has 0 aliphatic carbocycles. The van der Waals surface area contributed by atoms with E-state index in [4.69, 9.17) is 13.7 Å². The number of ether oxygens (including phenoxy) is 2. The van der Waals surface area contributed by atoms with Gasteiger partial charge >= 0.3 is 6.09 Å². The van der Waals surface area contributed by atoms with E-state index in [0.717, 1.165) is 12.1 Å². The molecule has 198 valence electrons. The highest BCUT2D eigenvalue weighted by Gasteiger charge is 2.47. The number of anilines is 1. The van der Waals surface area contributed by atoms with Crippen LogP contribution in [-0.4, -0.2) is 81.5 Å². The molecular weight excluding hydrogens is 492 g/mol. The fourth-order valence-electron chi connectivity index (χ4n) is 4.79. The Bertz CT molecular complexity index is 1040. The molecular formula is C24H38N2O7S2. The average molecular weight is 531 g/mol. The molecule has 0 saturated carbocycles. The maximum absolute atomic E-state index is 13.3. The second-order valence-corrected chi connectivity index (χ2v) is 13.8. The maximum Gasteiger partial charge on any atom is 0.410 e. The van der Waals surface area contributed by atoms with Crippen molar-refractivity contribution in [1.82, 2.24) is 4.90 Å². The smallest absolute Gasteiger partial charge is 0.410 e. The summed E-state index contributed by atoms with van der Waals surface area (Å²) in [6, 6.07) is 5.51. The van der Waals surface area contributed by atoms with Gasteiger partial charge in [0, 0.05) is 31.6 Å². The van der Waals surface area contributed by atoms with Gasteiger partial charge in [0.1, 0.15) is 10.3 Å². The zero-order chi connectivity index (χ0) is 26.0. The Balaban J connectivity index is 2.03. The van der Waals surface area contributed by atoms with E-state index in [9.17, 15) is 17.4 Å². The standard InChI is InChI=1S/C24H38N2O7S2/c1-7-19-17-32-13-12-26(19)20-14-18(15-21(16-20)34(28)31-5)24(35(6,29)30)8-10-25(11-9-24)22(27)33-23(2,3)4/h14-16,19H,7-13,17H2,1-6H3/t19-,34?/m0/s1. The lowest BCUT2D eigenvalue weighted by Crippen LogP contribution is -2.50. The fraction of sp³-hybridized carbons (Fsp3) is 0.708. The van der Waals surface area contributed by atoms with Gasteiger partial charge < -0.3 is 19.3 Å². The van der Waals surface area contributed by atoms with Crippen molar-refractivity contribution in [2.24, 2.45) is 0 Å². The molecule has 1 unspecified atom stereocenters. The van der Waals surface area contributed by atoms with Gasteiger partial charge in [-0.2, -0.15) is 0 Å². The Kier molecular flexibility index (Phi) is 8.56. The number of hydrogen-bond acceptors (Lipinski definition) is 8. The Morgan fingerprint density at radius 3 is 2.40 bits per heavy atom. The molecule has 1 amide bonds. The average Bonchev–Trinajstić information content (AvgIpc) is 2.81. The number of carbonyl (C=O) groups excluding carboxylic acids is 1. The number of hydrogen-bond donors (Lipinski definition) is 0. The third kappa shape index (κ3) is 6.18. The molecule has 0 spiro atoms. The van der Waals surface area contributed by atoms with E-state index in [-0.39, 0.29) is 32.0 Å². The normalized spacial score (nSPS) is 22.1. The maximum atomic E-state index is 13.3. The molecule has 0 radical (unpaired) electrons. The summed E-state index contributed by atoms with van der Waals surface area (Å²) < 4.78 is 54.3. The number of piperidine rings is 1. The van der Waals surface area contributed by atoms with Gasteiger partial charge in [0.25, 0.3) is 0 Å². The minimum absolute atomic E-state index is 0.131. The quantitative estimate of drug-likeness (QED) is 0.552. The summed E-state index contributed by atoms with van der Waals surface area (Å²) in [7, 11) is -2.24. The van der Waals surface area contributed by atoms with Gasteiger partial charge in [-0.05, 0) is 63.8 Å². The fourth-order valence-corrected chi connectivity index (χ4v) is 6.89. The lowest BCUT2D eigenvalue weighted by molar-refractivity contribution is 0.0192. The number of nitrogens with zero attached hydrogens (tertiary/aromatic N) is 2. The first-order chi connectivity index (χ1) is 16.3. The number of rotatable bonds is 6. The van der Waals surface area contributed by atoms with Gasteiger partial charge in [-0.3, -0.25) is 4.18 Å². The van der Waals surface area contributed by atoms with Crippen LogP contribution < -0.4 is 4.90 Å². The van der Waals surface area contributed by atoms with E-state index in [1.165, 1.54) is 13.4 Å². The summed E-state index contributed by atoms with van der Waals surface area (Å²) in [5, 5.41) is 0. The Labute approximate surface area is 211 Å². The molecule has 11 heteroatoms. The number of likely N-dealkylation sites (tertiary alicyclic amines) is 1. The summed E-state index contributed by atoms with van der Waals surface area (Å²) >= 11 is -1.74. The van der Waals surface area contributed by atoms with Gasteiger partial charge in [0.15, 0.2) is 20.9 Å². The highest BCUT2D eigenvalue weighted by Crippen LogP contribution is 2.43. The first-order valence-electron chi connectivity index (χ1n) is 11.9. The zero-order valence-corrected chi connectivity index (χ0v) is 23.2. The molecule has 1 aromatic rings. The molecule has 2 fully saturated rings. The molecule has 9 nitrogen and oxygen atoms in total. The summed E-state index contributed by atoms with van der Waals surface area (Å²) in [6.45, 7) is 9.74. The predicted octanol–water partition coefficient (Wildman–Crippen LogP) is 3.24. The largest absolute Gasteiger partial charge is 0.444 e. The van der Waals surface area contributed by atoms with Crippen molar-refractivity contribution in [3.05, 3.63) is 23.8 Å². The number of sulfone groups is 1. The number of carbonyl (C=O) groups is 1. The number of amides is 1. The van der Waals surface area contributed by atoms with Crippen molar-refractivity contribution in [1.29, 1.82) is 0 Å². The van der Waals surface area contributed by atoms with Crippen LogP contribution >= 0.6 is 0 Å². The van der Waals surface area contributed by atoms with E-state index < -0.39 is 37.4 Å². The molecule has 0 bridgehead atoms. The topological polar surface area (TPSA) is 102 Å². The molecule has 2 saturated heterocycles. The minimum atomic E-state index is -3.60. The van der Waals surface area contributed by atoms with Gasteiger partial charge in [-0.1, -0.05) is 6.92 Å². The van der Waals surface area contributed by atoms with Crippen LogP contribution in [0, 0.1) is 0 Å². The second-order valence-electron chi connectivity index (χ2n) is 10.2. The van der Waals surface area contributed by atoms with E-state index in [1.54, 1.807) is 31.7 Å². The predicted molar refractivity (Wildman–Crippen MR) is 136 cm³/mol. The van der Waals surface area contributed by atoms with Crippen molar-refractivity contribution in [2.75, 3.05) is 51.1 Å². The summed E-state index contributed by atoms with van der Waals surface area (Å²) in [4.78, 5) is 16.8. The highest BCUT2D eigenvalue weighted by molar-refractivity contribution is 7.91. The highest BCUT2D eigenvalue weighted by atomic mass is 32.2. The van der Waals surface area contributed by atoms with Crippen molar-refractivity contribution in [3.8, 4) is 0 Å². The van der Waals surface area contributed by atoms with Crippen molar-refractivity contribution >= 4 is 32.7 Å². The van der Waals surface area contributed by atoms with Crippen LogP contribution in [0.4, 0.5) is 10.5 Å². The van der Waals surface area contributed by atoms with E-state index in [1.807, 2.05) is 12.1 Å². The lowest BCUT2D eigenvalue weighted by atomic mass is 9.87. The van der Waals surface area contributed by atoms with Gasteiger partial charge in [0.2, 0.25) is 0 Å². The third-order valence-electron chi connectivity index (χ3n) is 6.72. The first-order valence-corrected chi connectivity index (χ1v) is 14.9. The summed E-state index contributed by atoms with van der Waals surface area (Å²) in [5.74, 6) is 0. The molecule has 2 heterocycles. The molecule has 2 atom stereocenters. The van der Waals surface area contributed by atoms with E-state index in [2.05, 4.69) is 11.8 Å². The number of benzene rings is 1. The second kappa shape index (κ2) is 10.7. The van der Waals surface area contributed by atoms with Gasteiger partial charge in [-0.15, -0.1) is 0 Å². The molecule has 2 aliphatic rings. The summed E-state index contributed by atoms with van der Waals surface area (Å²) in [5.41, 5.74) is 0.739. The van der Waals surface area contributed by atoms with Crippen molar-refractivity contribution in [2.45, 2.75) is 68.2 Å². The van der Waals surface area contributed by atoms with Crippen molar-refractivity contribution in [3.63, 3.8) is 0 Å². The van der Waals surface area contributed by atoms with Gasteiger partial charge in [0.05, 0.1) is 31.3 Å². The third-order valence-corrected chi connectivity index (χ3v) is 9.71. The molecule has 2 aliphatic heterocycles. The van der Waals surface area contributed by atoms with E-state index in [0.29, 0.717) is 30.2 Å². The van der Waals surface area contributed by atoms with Crippen LogP contribution in [0.15, 0.2) is 23.1 Å². The SMILES string of the molecule is CC[C@H]1COCCN1c1cc(S(=O)OC)cc(C2(S(C)(=O)=O)CCN(C(=O)OC(C)(C)C)CC2)c1. The lowest BCUT2D eigenvalue weighted by Gasteiger charge is -2.42. The minimum Gasteiger partial charge on any atom is -0.444 e. The van der Waals surface area contributed by atoms with Crippen LogP contribution in [0.25, 0.3) is 0 Å². The molecule has 35 heavy (non-hydrogen) atoms. The number of morpholine rings is 1. The summed E-state index contributed by atoms with van der Waals surface area (Å²) in [6.07, 6.45) is 2.07.